The molecule has 0 aliphatic heterocycles. The minimum atomic E-state index is -0.461. The molecule has 0 radical (unpaired) electrons. The Kier molecular flexibility index (Phi) is 5.90. The van der Waals surface area contributed by atoms with Gasteiger partial charge in [0.05, 0.1) is 6.54 Å². The molecule has 4 N–H and O–H groups in total. The van der Waals surface area contributed by atoms with E-state index < -0.39 is 6.03 Å². The molecule has 0 heterocycles. The molecule has 0 bridgehead atoms. The highest BCUT2D eigenvalue weighted by atomic mass is 16.2. The molecule has 4 amide bonds. The van der Waals surface area contributed by atoms with Crippen molar-refractivity contribution in [3.05, 3.63) is 54.6 Å². The van der Waals surface area contributed by atoms with Crippen molar-refractivity contribution in [3.63, 3.8) is 0 Å². The van der Waals surface area contributed by atoms with Crippen LogP contribution >= 0.6 is 0 Å². The number of para-hydroxylation sites is 1. The lowest BCUT2D eigenvalue weighted by Crippen LogP contribution is -2.35. The smallest absolute Gasteiger partial charge is 0.319 e. The van der Waals surface area contributed by atoms with Crippen LogP contribution in [0.1, 0.15) is 6.92 Å². The molecule has 24 heavy (non-hydrogen) atoms. The normalized spacial score (nSPS) is 9.71. The second-order valence-corrected chi connectivity index (χ2v) is 4.98. The second kappa shape index (κ2) is 8.33. The quantitative estimate of drug-likeness (QED) is 0.679. The van der Waals surface area contributed by atoms with E-state index in [2.05, 4.69) is 21.3 Å². The first-order valence-electron chi connectivity index (χ1n) is 7.30. The molecule has 2 aromatic carbocycles. The van der Waals surface area contributed by atoms with Gasteiger partial charge in [-0.1, -0.05) is 18.2 Å². The number of hydrogen-bond acceptors (Lipinski definition) is 3. The first kappa shape index (κ1) is 17.0. The molecule has 0 saturated heterocycles. The molecule has 0 fully saturated rings. The Labute approximate surface area is 139 Å². The standard InChI is InChI=1S/C17H18N4O3/c1-12(22)19-14-7-9-15(10-8-14)20-16(23)11-18-17(24)21-13-5-3-2-4-6-13/h2-10H,11H2,1H3,(H,19,22)(H,20,23)(H2,18,21,24). The predicted molar refractivity (Wildman–Crippen MR) is 92.8 cm³/mol. The SMILES string of the molecule is CC(=O)Nc1ccc(NC(=O)CNC(=O)Nc2ccccc2)cc1. The molecule has 2 aromatic rings. The minimum absolute atomic E-state index is 0.161. The van der Waals surface area contributed by atoms with Crippen LogP contribution in [0.5, 0.6) is 0 Å². The van der Waals surface area contributed by atoms with Crippen LogP contribution in [-0.4, -0.2) is 24.4 Å². The van der Waals surface area contributed by atoms with E-state index in [1.165, 1.54) is 6.92 Å². The van der Waals surface area contributed by atoms with E-state index >= 15 is 0 Å². The monoisotopic (exact) mass is 326 g/mol. The number of carbonyl (C=O) groups excluding carboxylic acids is 3. The van der Waals surface area contributed by atoms with E-state index in [4.69, 9.17) is 0 Å². The van der Waals surface area contributed by atoms with Crippen molar-refractivity contribution in [3.8, 4) is 0 Å². The lowest BCUT2D eigenvalue weighted by Gasteiger charge is -2.09. The zero-order valence-electron chi connectivity index (χ0n) is 13.1. The third kappa shape index (κ3) is 5.80. The fraction of sp³-hybridized carbons (Fsp3) is 0.118. The van der Waals surface area contributed by atoms with Gasteiger partial charge in [-0.2, -0.15) is 0 Å². The lowest BCUT2D eigenvalue weighted by molar-refractivity contribution is -0.115. The lowest BCUT2D eigenvalue weighted by atomic mass is 10.2. The minimum Gasteiger partial charge on any atom is -0.329 e. The Morgan fingerprint density at radius 2 is 1.29 bits per heavy atom. The van der Waals surface area contributed by atoms with Gasteiger partial charge < -0.3 is 21.3 Å². The van der Waals surface area contributed by atoms with E-state index in [1.807, 2.05) is 6.07 Å². The summed E-state index contributed by atoms with van der Waals surface area (Å²) < 4.78 is 0. The first-order chi connectivity index (χ1) is 11.5. The molecular weight excluding hydrogens is 308 g/mol. The summed E-state index contributed by atoms with van der Waals surface area (Å²) in [6.45, 7) is 1.26. The molecule has 0 aromatic heterocycles. The van der Waals surface area contributed by atoms with Crippen molar-refractivity contribution in [2.45, 2.75) is 6.92 Å². The van der Waals surface area contributed by atoms with Crippen LogP contribution in [0.25, 0.3) is 0 Å². The highest BCUT2D eigenvalue weighted by Gasteiger charge is 2.06. The van der Waals surface area contributed by atoms with Gasteiger partial charge in [0.25, 0.3) is 0 Å². The largest absolute Gasteiger partial charge is 0.329 e. The van der Waals surface area contributed by atoms with Crippen molar-refractivity contribution in [1.29, 1.82) is 0 Å². The number of carbonyl (C=O) groups is 3. The number of hydrogen-bond donors (Lipinski definition) is 4. The van der Waals surface area contributed by atoms with Crippen LogP contribution in [-0.2, 0) is 9.59 Å². The molecule has 124 valence electrons. The Morgan fingerprint density at radius 1 is 0.750 bits per heavy atom. The first-order valence-corrected chi connectivity index (χ1v) is 7.30. The van der Waals surface area contributed by atoms with Gasteiger partial charge in [0.2, 0.25) is 11.8 Å². The average Bonchev–Trinajstić information content (AvgIpc) is 2.55. The van der Waals surface area contributed by atoms with Gasteiger partial charge in [-0.3, -0.25) is 9.59 Å². The summed E-state index contributed by atoms with van der Waals surface area (Å²) in [5.74, 6) is -0.522. The van der Waals surface area contributed by atoms with E-state index in [-0.39, 0.29) is 18.4 Å². The molecule has 0 spiro atoms. The molecule has 2 rings (SSSR count). The maximum absolute atomic E-state index is 11.8. The number of urea groups is 1. The van der Waals surface area contributed by atoms with Gasteiger partial charge in [-0.25, -0.2) is 4.79 Å². The Morgan fingerprint density at radius 3 is 1.88 bits per heavy atom. The van der Waals surface area contributed by atoms with Crippen LogP contribution in [0.4, 0.5) is 21.9 Å². The Balaban J connectivity index is 1.76. The fourth-order valence-electron chi connectivity index (χ4n) is 1.90. The summed E-state index contributed by atoms with van der Waals surface area (Å²) in [4.78, 5) is 34.4. The van der Waals surface area contributed by atoms with Crippen molar-refractivity contribution >= 4 is 34.9 Å². The van der Waals surface area contributed by atoms with Crippen LogP contribution in [0.15, 0.2) is 54.6 Å². The van der Waals surface area contributed by atoms with Gasteiger partial charge in [0.15, 0.2) is 0 Å². The molecule has 0 atom stereocenters. The zero-order chi connectivity index (χ0) is 17.4. The van der Waals surface area contributed by atoms with Gasteiger partial charge in [-0.05, 0) is 36.4 Å². The highest BCUT2D eigenvalue weighted by molar-refractivity contribution is 5.97. The number of amides is 4. The number of rotatable bonds is 5. The Hall–Kier alpha value is -3.35. The molecule has 0 aliphatic rings. The average molecular weight is 326 g/mol. The van der Waals surface area contributed by atoms with Gasteiger partial charge in [0.1, 0.15) is 0 Å². The molecule has 0 aliphatic carbocycles. The summed E-state index contributed by atoms with van der Waals surface area (Å²) in [6.07, 6.45) is 0. The third-order valence-corrected chi connectivity index (χ3v) is 2.93. The number of benzene rings is 2. The van der Waals surface area contributed by atoms with E-state index in [0.717, 1.165) is 0 Å². The maximum Gasteiger partial charge on any atom is 0.319 e. The summed E-state index contributed by atoms with van der Waals surface area (Å²) in [6, 6.07) is 15.1. The molecule has 0 unspecified atom stereocenters. The summed E-state index contributed by atoms with van der Waals surface area (Å²) in [5.41, 5.74) is 1.85. The number of nitrogens with one attached hydrogen (secondary N) is 4. The third-order valence-electron chi connectivity index (χ3n) is 2.93. The molecule has 0 saturated carbocycles. The van der Waals surface area contributed by atoms with Gasteiger partial charge >= 0.3 is 6.03 Å². The number of anilines is 3. The van der Waals surface area contributed by atoms with E-state index in [9.17, 15) is 14.4 Å². The van der Waals surface area contributed by atoms with E-state index in [0.29, 0.717) is 17.1 Å². The van der Waals surface area contributed by atoms with Crippen molar-refractivity contribution in [1.82, 2.24) is 5.32 Å². The van der Waals surface area contributed by atoms with Crippen molar-refractivity contribution in [2.24, 2.45) is 0 Å². The van der Waals surface area contributed by atoms with Crippen molar-refractivity contribution in [2.75, 3.05) is 22.5 Å². The molecule has 7 heteroatoms. The van der Waals surface area contributed by atoms with E-state index in [1.54, 1.807) is 48.5 Å². The van der Waals surface area contributed by atoms with Crippen LogP contribution in [0.2, 0.25) is 0 Å². The molecular formula is C17H18N4O3. The van der Waals surface area contributed by atoms with Crippen LogP contribution in [0.3, 0.4) is 0 Å². The predicted octanol–water partition coefficient (Wildman–Crippen LogP) is 2.41. The van der Waals surface area contributed by atoms with Crippen LogP contribution in [0, 0.1) is 0 Å². The topological polar surface area (TPSA) is 99.3 Å². The fourth-order valence-corrected chi connectivity index (χ4v) is 1.90. The summed E-state index contributed by atoms with van der Waals surface area (Å²) in [7, 11) is 0. The summed E-state index contributed by atoms with van der Waals surface area (Å²) in [5, 5.41) is 10.4. The highest BCUT2D eigenvalue weighted by Crippen LogP contribution is 2.13. The summed E-state index contributed by atoms with van der Waals surface area (Å²) >= 11 is 0. The maximum atomic E-state index is 11.8. The van der Waals surface area contributed by atoms with Crippen molar-refractivity contribution < 1.29 is 14.4 Å². The van der Waals surface area contributed by atoms with Crippen LogP contribution < -0.4 is 21.3 Å². The zero-order valence-corrected chi connectivity index (χ0v) is 13.1. The Bertz CT molecular complexity index is 714. The molecule has 7 nitrogen and oxygen atoms in total. The van der Waals surface area contributed by atoms with Gasteiger partial charge in [0, 0.05) is 24.0 Å². The second-order valence-electron chi connectivity index (χ2n) is 4.98. The van der Waals surface area contributed by atoms with Gasteiger partial charge in [-0.15, -0.1) is 0 Å².